The Labute approximate surface area is 111 Å². The number of nitrogens with zero attached hydrogens (tertiary/aromatic N) is 4. The van der Waals surface area contributed by atoms with Crippen LogP contribution >= 0.6 is 0 Å². The van der Waals surface area contributed by atoms with Crippen LogP contribution in [0.4, 0.5) is 5.82 Å². The Bertz CT molecular complexity index is 611. The number of hydrogen-bond acceptors (Lipinski definition) is 4. The molecule has 2 aliphatic rings. The number of fused-ring (bicyclic) bond motifs is 1. The molecule has 100 valence electrons. The average molecular weight is 258 g/mol. The van der Waals surface area contributed by atoms with Crippen molar-refractivity contribution >= 4 is 11.5 Å². The molecule has 2 aromatic heterocycles. The van der Waals surface area contributed by atoms with Gasteiger partial charge in [-0.15, -0.1) is 0 Å². The summed E-state index contributed by atoms with van der Waals surface area (Å²) in [5.74, 6) is 1.04. The Balaban J connectivity index is 1.80. The second-order valence-electron chi connectivity index (χ2n) is 5.74. The van der Waals surface area contributed by atoms with Gasteiger partial charge in [0, 0.05) is 30.3 Å². The lowest BCUT2D eigenvalue weighted by atomic mass is 10.0. The number of aliphatic hydroxyl groups is 1. The first-order valence-electron chi connectivity index (χ1n) is 7.03. The number of rotatable bonds is 3. The SMILES string of the molecule is OCC1(c2cnn3ccc(N4CCCC4)nc23)CC1. The van der Waals surface area contributed by atoms with Crippen molar-refractivity contribution in [2.75, 3.05) is 24.6 Å². The first kappa shape index (κ1) is 11.2. The van der Waals surface area contributed by atoms with E-state index >= 15 is 0 Å². The summed E-state index contributed by atoms with van der Waals surface area (Å²) < 4.78 is 1.82. The van der Waals surface area contributed by atoms with E-state index in [9.17, 15) is 5.11 Å². The molecule has 0 atom stereocenters. The first-order chi connectivity index (χ1) is 9.32. The van der Waals surface area contributed by atoms with Gasteiger partial charge < -0.3 is 10.0 Å². The standard InChI is InChI=1S/C14H18N4O/c19-10-14(4-5-14)11-9-15-18-8-3-12(16-13(11)18)17-6-1-2-7-17/h3,8-9,19H,1-2,4-7,10H2. The van der Waals surface area contributed by atoms with E-state index in [0.29, 0.717) is 0 Å². The van der Waals surface area contributed by atoms with E-state index in [1.807, 2.05) is 23.0 Å². The fourth-order valence-corrected chi connectivity index (χ4v) is 3.02. The van der Waals surface area contributed by atoms with Crippen LogP contribution in [0.1, 0.15) is 31.2 Å². The monoisotopic (exact) mass is 258 g/mol. The highest BCUT2D eigenvalue weighted by Crippen LogP contribution is 2.48. The maximum atomic E-state index is 9.59. The third kappa shape index (κ3) is 1.64. The van der Waals surface area contributed by atoms with Crippen LogP contribution in [0.3, 0.4) is 0 Å². The van der Waals surface area contributed by atoms with Gasteiger partial charge in [-0.2, -0.15) is 5.10 Å². The van der Waals surface area contributed by atoms with Crippen LogP contribution in [-0.2, 0) is 5.41 Å². The lowest BCUT2D eigenvalue weighted by Crippen LogP contribution is -2.19. The number of anilines is 1. The number of aliphatic hydroxyl groups excluding tert-OH is 1. The summed E-state index contributed by atoms with van der Waals surface area (Å²) in [5.41, 5.74) is 1.95. The Morgan fingerprint density at radius 1 is 1.26 bits per heavy atom. The van der Waals surface area contributed by atoms with Crippen LogP contribution in [0, 0.1) is 0 Å². The molecule has 5 nitrogen and oxygen atoms in total. The molecular formula is C14H18N4O. The molecule has 0 radical (unpaired) electrons. The van der Waals surface area contributed by atoms with Gasteiger partial charge in [-0.05, 0) is 31.7 Å². The predicted octanol–water partition coefficient (Wildman–Crippen LogP) is 1.35. The van der Waals surface area contributed by atoms with Crippen molar-refractivity contribution in [3.63, 3.8) is 0 Å². The normalized spacial score (nSPS) is 21.2. The number of aromatic nitrogens is 3. The highest BCUT2D eigenvalue weighted by Gasteiger charge is 2.46. The average Bonchev–Trinajstić information content (AvgIpc) is 2.91. The summed E-state index contributed by atoms with van der Waals surface area (Å²) >= 11 is 0. The van der Waals surface area contributed by atoms with Gasteiger partial charge in [-0.3, -0.25) is 0 Å². The Morgan fingerprint density at radius 2 is 2.05 bits per heavy atom. The lowest BCUT2D eigenvalue weighted by molar-refractivity contribution is 0.255. The van der Waals surface area contributed by atoms with Crippen LogP contribution in [-0.4, -0.2) is 39.4 Å². The molecule has 0 unspecified atom stereocenters. The Hall–Kier alpha value is -1.62. The Morgan fingerprint density at radius 3 is 2.74 bits per heavy atom. The first-order valence-corrected chi connectivity index (χ1v) is 7.03. The predicted molar refractivity (Wildman–Crippen MR) is 72.4 cm³/mol. The van der Waals surface area contributed by atoms with Crippen LogP contribution in [0.15, 0.2) is 18.5 Å². The van der Waals surface area contributed by atoms with E-state index < -0.39 is 0 Å². The molecule has 1 aliphatic carbocycles. The van der Waals surface area contributed by atoms with Gasteiger partial charge >= 0.3 is 0 Å². The van der Waals surface area contributed by atoms with Crippen LogP contribution in [0.5, 0.6) is 0 Å². The topological polar surface area (TPSA) is 53.7 Å². The van der Waals surface area contributed by atoms with E-state index in [1.54, 1.807) is 0 Å². The quantitative estimate of drug-likeness (QED) is 0.903. The molecule has 0 amide bonds. The minimum absolute atomic E-state index is 0.0710. The van der Waals surface area contributed by atoms with Crippen LogP contribution < -0.4 is 4.90 Å². The molecule has 2 aromatic rings. The molecule has 19 heavy (non-hydrogen) atoms. The van der Waals surface area contributed by atoms with Gasteiger partial charge in [0.05, 0.1) is 12.8 Å². The molecule has 5 heteroatoms. The molecule has 0 aromatic carbocycles. The highest BCUT2D eigenvalue weighted by atomic mass is 16.3. The molecule has 4 rings (SSSR count). The molecule has 1 saturated carbocycles. The third-order valence-electron chi connectivity index (χ3n) is 4.51. The largest absolute Gasteiger partial charge is 0.395 e. The summed E-state index contributed by atoms with van der Waals surface area (Å²) in [6.07, 6.45) is 8.44. The van der Waals surface area contributed by atoms with Crippen LogP contribution in [0.2, 0.25) is 0 Å². The molecular weight excluding hydrogens is 240 g/mol. The van der Waals surface area contributed by atoms with Crippen molar-refractivity contribution in [3.8, 4) is 0 Å². The molecule has 0 spiro atoms. The van der Waals surface area contributed by atoms with Crippen molar-refractivity contribution < 1.29 is 5.11 Å². The number of hydrogen-bond donors (Lipinski definition) is 1. The van der Waals surface area contributed by atoms with E-state index in [4.69, 9.17) is 4.98 Å². The van der Waals surface area contributed by atoms with Gasteiger partial charge in [0.15, 0.2) is 5.65 Å². The molecule has 3 heterocycles. The zero-order chi connectivity index (χ0) is 12.9. The summed E-state index contributed by atoms with van der Waals surface area (Å²) in [6, 6.07) is 2.04. The van der Waals surface area contributed by atoms with Gasteiger partial charge in [-0.1, -0.05) is 0 Å². The lowest BCUT2D eigenvalue weighted by Gasteiger charge is -2.17. The highest BCUT2D eigenvalue weighted by molar-refractivity contribution is 5.57. The molecule has 2 fully saturated rings. The Kier molecular flexibility index (Phi) is 2.33. The van der Waals surface area contributed by atoms with E-state index in [-0.39, 0.29) is 12.0 Å². The van der Waals surface area contributed by atoms with Gasteiger partial charge in [-0.25, -0.2) is 9.50 Å². The summed E-state index contributed by atoms with van der Waals surface area (Å²) in [6.45, 7) is 2.39. The maximum Gasteiger partial charge on any atom is 0.161 e. The second-order valence-corrected chi connectivity index (χ2v) is 5.74. The fourth-order valence-electron chi connectivity index (χ4n) is 3.02. The third-order valence-corrected chi connectivity index (χ3v) is 4.51. The fraction of sp³-hybridized carbons (Fsp3) is 0.571. The smallest absolute Gasteiger partial charge is 0.161 e. The zero-order valence-corrected chi connectivity index (χ0v) is 10.9. The second kappa shape index (κ2) is 3.93. The van der Waals surface area contributed by atoms with Crippen molar-refractivity contribution in [1.29, 1.82) is 0 Å². The maximum absolute atomic E-state index is 9.59. The molecule has 1 N–H and O–H groups in total. The minimum Gasteiger partial charge on any atom is -0.395 e. The van der Waals surface area contributed by atoms with Gasteiger partial charge in [0.2, 0.25) is 0 Å². The molecule has 0 bridgehead atoms. The molecule has 1 aliphatic heterocycles. The van der Waals surface area contributed by atoms with Crippen LogP contribution in [0.25, 0.3) is 5.65 Å². The van der Waals surface area contributed by atoms with Gasteiger partial charge in [0.25, 0.3) is 0 Å². The zero-order valence-electron chi connectivity index (χ0n) is 10.9. The van der Waals surface area contributed by atoms with E-state index in [1.165, 1.54) is 12.8 Å². The van der Waals surface area contributed by atoms with E-state index in [0.717, 1.165) is 43.0 Å². The van der Waals surface area contributed by atoms with E-state index in [2.05, 4.69) is 10.00 Å². The summed E-state index contributed by atoms with van der Waals surface area (Å²) in [5, 5.41) is 14.0. The van der Waals surface area contributed by atoms with Crippen molar-refractivity contribution in [2.45, 2.75) is 31.1 Å². The summed E-state index contributed by atoms with van der Waals surface area (Å²) in [7, 11) is 0. The van der Waals surface area contributed by atoms with Crippen molar-refractivity contribution in [1.82, 2.24) is 14.6 Å². The van der Waals surface area contributed by atoms with Crippen molar-refractivity contribution in [2.24, 2.45) is 0 Å². The summed E-state index contributed by atoms with van der Waals surface area (Å²) in [4.78, 5) is 7.12. The minimum atomic E-state index is -0.0710. The van der Waals surface area contributed by atoms with Gasteiger partial charge in [0.1, 0.15) is 5.82 Å². The van der Waals surface area contributed by atoms with Crippen molar-refractivity contribution in [3.05, 3.63) is 24.0 Å². The molecule has 1 saturated heterocycles.